The number of aromatic nitrogens is 2. The Labute approximate surface area is 184 Å². The lowest BCUT2D eigenvalue weighted by atomic mass is 10.1. The molecule has 1 heterocycles. The molecule has 0 aliphatic carbocycles. The molecule has 2 aromatic carbocycles. The highest BCUT2D eigenvalue weighted by atomic mass is 19.1. The van der Waals surface area contributed by atoms with Gasteiger partial charge in [-0.15, -0.1) is 5.10 Å². The Morgan fingerprint density at radius 3 is 2.69 bits per heavy atom. The predicted octanol–water partition coefficient (Wildman–Crippen LogP) is 2.95. The molecule has 0 spiro atoms. The fourth-order valence-corrected chi connectivity index (χ4v) is 3.20. The van der Waals surface area contributed by atoms with Crippen LogP contribution >= 0.6 is 0 Å². The fraction of sp³-hybridized carbons (Fsp3) is 0.174. The van der Waals surface area contributed by atoms with Crippen LogP contribution < -0.4 is 15.4 Å². The number of primary amides is 1. The van der Waals surface area contributed by atoms with Gasteiger partial charge in [0.15, 0.2) is 0 Å². The van der Waals surface area contributed by atoms with Gasteiger partial charge >= 0.3 is 0 Å². The summed E-state index contributed by atoms with van der Waals surface area (Å²) >= 11 is 0. The number of hydrogen-bond acceptors (Lipinski definition) is 5. The molecule has 0 aliphatic rings. The molecule has 166 valence electrons. The SMILES string of the molecule is C=CC(=O)N(CCOC)c1cccc(-n2cc(-c3ccc(C(N)=O)c(OC)c3)c(F)n2)c1. The first kappa shape index (κ1) is 22.7. The van der Waals surface area contributed by atoms with Crippen LogP contribution in [0.2, 0.25) is 0 Å². The molecule has 9 heteroatoms. The fourth-order valence-electron chi connectivity index (χ4n) is 3.20. The van der Waals surface area contributed by atoms with Gasteiger partial charge in [-0.1, -0.05) is 18.7 Å². The number of nitrogens with zero attached hydrogens (tertiary/aromatic N) is 3. The van der Waals surface area contributed by atoms with Crippen LogP contribution in [-0.2, 0) is 9.53 Å². The van der Waals surface area contributed by atoms with E-state index in [1.165, 1.54) is 41.1 Å². The quantitative estimate of drug-likeness (QED) is 0.518. The summed E-state index contributed by atoms with van der Waals surface area (Å²) in [5, 5.41) is 3.97. The Morgan fingerprint density at radius 2 is 2.03 bits per heavy atom. The third-order valence-corrected chi connectivity index (χ3v) is 4.81. The van der Waals surface area contributed by atoms with E-state index in [1.807, 2.05) is 0 Å². The molecule has 1 aromatic heterocycles. The molecule has 0 atom stereocenters. The Morgan fingerprint density at radius 1 is 1.25 bits per heavy atom. The van der Waals surface area contributed by atoms with Crippen molar-refractivity contribution in [2.75, 3.05) is 32.3 Å². The highest BCUT2D eigenvalue weighted by Gasteiger charge is 2.17. The van der Waals surface area contributed by atoms with Crippen molar-refractivity contribution in [3.05, 3.63) is 72.8 Å². The zero-order valence-electron chi connectivity index (χ0n) is 17.7. The van der Waals surface area contributed by atoms with Crippen LogP contribution in [0.15, 0.2) is 61.3 Å². The van der Waals surface area contributed by atoms with Crippen LogP contribution in [-0.4, -0.2) is 49.0 Å². The number of anilines is 1. The average Bonchev–Trinajstić information content (AvgIpc) is 3.20. The molecule has 0 bridgehead atoms. The number of methoxy groups -OCH3 is 2. The number of hydrogen-bond donors (Lipinski definition) is 1. The molecule has 3 aromatic rings. The number of rotatable bonds is 9. The molecule has 0 saturated heterocycles. The molecule has 0 radical (unpaired) electrons. The zero-order valence-corrected chi connectivity index (χ0v) is 17.7. The summed E-state index contributed by atoms with van der Waals surface area (Å²) in [5.74, 6) is -1.40. The maximum atomic E-state index is 14.7. The second-order valence-corrected chi connectivity index (χ2v) is 6.76. The van der Waals surface area contributed by atoms with E-state index in [1.54, 1.807) is 37.4 Å². The van der Waals surface area contributed by atoms with E-state index in [4.69, 9.17) is 15.2 Å². The summed E-state index contributed by atoms with van der Waals surface area (Å²) in [6.45, 7) is 4.21. The van der Waals surface area contributed by atoms with Crippen molar-refractivity contribution in [1.82, 2.24) is 9.78 Å². The molecule has 0 unspecified atom stereocenters. The van der Waals surface area contributed by atoms with Crippen LogP contribution in [0.1, 0.15) is 10.4 Å². The molecule has 32 heavy (non-hydrogen) atoms. The molecule has 0 fully saturated rings. The Bertz CT molecular complexity index is 1160. The summed E-state index contributed by atoms with van der Waals surface area (Å²) in [5.41, 5.74) is 7.35. The van der Waals surface area contributed by atoms with E-state index < -0.39 is 11.9 Å². The van der Waals surface area contributed by atoms with Gasteiger partial charge in [-0.25, -0.2) is 4.68 Å². The van der Waals surface area contributed by atoms with Crippen LogP contribution in [0.5, 0.6) is 5.75 Å². The van der Waals surface area contributed by atoms with Crippen LogP contribution in [0, 0.1) is 5.95 Å². The minimum atomic E-state index is -0.706. The van der Waals surface area contributed by atoms with Crippen molar-refractivity contribution in [3.8, 4) is 22.6 Å². The third-order valence-electron chi connectivity index (χ3n) is 4.81. The number of halogens is 1. The van der Waals surface area contributed by atoms with Gasteiger partial charge in [0.1, 0.15) is 5.75 Å². The lowest BCUT2D eigenvalue weighted by molar-refractivity contribution is -0.114. The summed E-state index contributed by atoms with van der Waals surface area (Å²) < 4.78 is 26.4. The van der Waals surface area contributed by atoms with Gasteiger partial charge in [0.05, 0.1) is 30.5 Å². The van der Waals surface area contributed by atoms with E-state index >= 15 is 0 Å². The number of carbonyl (C=O) groups excluding carboxylic acids is 2. The summed E-state index contributed by atoms with van der Waals surface area (Å²) in [4.78, 5) is 25.3. The lowest BCUT2D eigenvalue weighted by Gasteiger charge is -2.21. The molecule has 2 N–H and O–H groups in total. The summed E-state index contributed by atoms with van der Waals surface area (Å²) in [6, 6.07) is 11.5. The standard InChI is InChI=1S/C23H23FN4O4/c1-4-21(29)27(10-11-31-2)16-6-5-7-17(13-16)28-14-19(22(24)26-28)15-8-9-18(23(25)30)20(12-15)32-3/h4-9,12-14H,1,10-11H2,2-3H3,(H2,25,30). The predicted molar refractivity (Wildman–Crippen MR) is 118 cm³/mol. The van der Waals surface area contributed by atoms with Gasteiger partial charge in [0, 0.05) is 25.5 Å². The molecule has 0 saturated carbocycles. The maximum Gasteiger partial charge on any atom is 0.252 e. The summed E-state index contributed by atoms with van der Waals surface area (Å²) in [6.07, 6.45) is 2.74. The van der Waals surface area contributed by atoms with Crippen LogP contribution in [0.3, 0.4) is 0 Å². The average molecular weight is 438 g/mol. The topological polar surface area (TPSA) is 99.7 Å². The van der Waals surface area contributed by atoms with Crippen molar-refractivity contribution in [2.45, 2.75) is 0 Å². The van der Waals surface area contributed by atoms with Crippen molar-refractivity contribution in [1.29, 1.82) is 0 Å². The highest BCUT2D eigenvalue weighted by molar-refractivity contribution is 6.01. The van der Waals surface area contributed by atoms with Crippen molar-refractivity contribution in [3.63, 3.8) is 0 Å². The number of benzene rings is 2. The minimum Gasteiger partial charge on any atom is -0.496 e. The van der Waals surface area contributed by atoms with Gasteiger partial charge in [-0.3, -0.25) is 9.59 Å². The lowest BCUT2D eigenvalue weighted by Crippen LogP contribution is -2.32. The van der Waals surface area contributed by atoms with Crippen molar-refractivity contribution < 1.29 is 23.5 Å². The largest absolute Gasteiger partial charge is 0.496 e. The first-order valence-electron chi connectivity index (χ1n) is 9.66. The smallest absolute Gasteiger partial charge is 0.252 e. The number of carbonyl (C=O) groups is 2. The number of amides is 2. The van der Waals surface area contributed by atoms with E-state index in [-0.39, 0.29) is 22.8 Å². The van der Waals surface area contributed by atoms with Gasteiger partial charge in [0.25, 0.3) is 5.91 Å². The van der Waals surface area contributed by atoms with Crippen LogP contribution in [0.25, 0.3) is 16.8 Å². The Balaban J connectivity index is 1.99. The molecule has 0 aliphatic heterocycles. The van der Waals surface area contributed by atoms with E-state index in [0.717, 1.165) is 0 Å². The minimum absolute atomic E-state index is 0.194. The maximum absolute atomic E-state index is 14.7. The van der Waals surface area contributed by atoms with E-state index in [9.17, 15) is 14.0 Å². The van der Waals surface area contributed by atoms with Gasteiger partial charge in [-0.2, -0.15) is 4.39 Å². The van der Waals surface area contributed by atoms with Crippen molar-refractivity contribution in [2.24, 2.45) is 5.73 Å². The highest BCUT2D eigenvalue weighted by Crippen LogP contribution is 2.30. The van der Waals surface area contributed by atoms with Gasteiger partial charge < -0.3 is 20.1 Å². The van der Waals surface area contributed by atoms with Gasteiger partial charge in [-0.05, 0) is 42.0 Å². The molecular formula is C23H23FN4O4. The third kappa shape index (κ3) is 4.68. The monoisotopic (exact) mass is 438 g/mol. The molecule has 8 nitrogen and oxygen atoms in total. The first-order valence-corrected chi connectivity index (χ1v) is 9.66. The summed E-state index contributed by atoms with van der Waals surface area (Å²) in [7, 11) is 2.95. The molecule has 2 amide bonds. The zero-order chi connectivity index (χ0) is 23.3. The Kier molecular flexibility index (Phi) is 7.01. The Hall–Kier alpha value is -3.98. The second-order valence-electron chi connectivity index (χ2n) is 6.76. The van der Waals surface area contributed by atoms with Crippen LogP contribution in [0.4, 0.5) is 10.1 Å². The first-order chi connectivity index (χ1) is 15.4. The number of nitrogens with two attached hydrogens (primary N) is 1. The normalized spacial score (nSPS) is 10.6. The van der Waals surface area contributed by atoms with E-state index in [2.05, 4.69) is 11.7 Å². The second kappa shape index (κ2) is 9.88. The molecule has 3 rings (SSSR count). The van der Waals surface area contributed by atoms with Crippen molar-refractivity contribution >= 4 is 17.5 Å². The molecular weight excluding hydrogens is 415 g/mol. The van der Waals surface area contributed by atoms with Gasteiger partial charge in [0.2, 0.25) is 11.9 Å². The van der Waals surface area contributed by atoms with E-state index in [0.29, 0.717) is 30.1 Å². The number of ether oxygens (including phenoxy) is 2.